The van der Waals surface area contributed by atoms with Crippen LogP contribution >= 0.6 is 0 Å². The Morgan fingerprint density at radius 3 is 1.48 bits per heavy atom. The Hall–Kier alpha value is -1.72. The van der Waals surface area contributed by atoms with E-state index >= 15 is 0 Å². The molecular weight excluding hydrogens is 362 g/mol. The monoisotopic (exact) mass is 409 g/mol. The zero-order valence-corrected chi connectivity index (χ0v) is 19.5. The number of hydrogen-bond acceptors (Lipinski definition) is 5. The summed E-state index contributed by atoms with van der Waals surface area (Å²) in [4.78, 5) is 6.18. The third kappa shape index (κ3) is 15.8. The third-order valence-electron chi connectivity index (χ3n) is 4.81. The number of nitrogens with zero attached hydrogens (tertiary/aromatic N) is 3. The van der Waals surface area contributed by atoms with Crippen molar-refractivity contribution in [2.75, 3.05) is 32.8 Å². The van der Waals surface area contributed by atoms with Gasteiger partial charge in [-0.25, -0.2) is 0 Å². The molecule has 3 atom stereocenters. The maximum atomic E-state index is 9.67. The van der Waals surface area contributed by atoms with Crippen molar-refractivity contribution >= 4 is 0 Å². The highest BCUT2D eigenvalue weighted by molar-refractivity contribution is 4.85. The summed E-state index contributed by atoms with van der Waals surface area (Å²) < 4.78 is 0. The summed E-state index contributed by atoms with van der Waals surface area (Å²) in [5.41, 5.74) is 0. The second-order valence-electron chi connectivity index (χ2n) is 7.25. The van der Waals surface area contributed by atoms with Gasteiger partial charge in [-0.15, -0.1) is 6.58 Å². The second kappa shape index (κ2) is 19.6. The molecule has 0 saturated heterocycles. The summed E-state index contributed by atoms with van der Waals surface area (Å²) in [5, 5.41) is 19.0. The van der Waals surface area contributed by atoms with E-state index in [9.17, 15) is 10.2 Å². The molecule has 0 bridgehead atoms. The van der Waals surface area contributed by atoms with Gasteiger partial charge in [-0.1, -0.05) is 53.5 Å². The van der Waals surface area contributed by atoms with E-state index in [1.807, 2.05) is 35.9 Å². The largest absolute Gasteiger partial charge is 0.391 e. The predicted octanol–water partition coefficient (Wildman–Crippen LogP) is 4.43. The van der Waals surface area contributed by atoms with Crippen molar-refractivity contribution in [2.24, 2.45) is 5.92 Å². The number of aliphatic hydroxyl groups is 2. The first-order valence-electron chi connectivity index (χ1n) is 10.9. The average molecular weight is 410 g/mol. The molecule has 0 aliphatic heterocycles. The van der Waals surface area contributed by atoms with Gasteiger partial charge in [0.25, 0.3) is 0 Å². The molecule has 0 aromatic rings. The first-order chi connectivity index (χ1) is 13.8. The highest BCUT2D eigenvalue weighted by Gasteiger charge is 2.11. The zero-order valence-electron chi connectivity index (χ0n) is 19.5. The van der Waals surface area contributed by atoms with Gasteiger partial charge in [0, 0.05) is 26.2 Å². The standard InChI is InChI=1S/C15H28N2O.C9H19NO/c1-6-14(7-2)11-16(9-4)13-17(10-5)12-15(18)8-3;1-4-7-10(6-3)8-9(11)5-2/h6,9-10,14-15,18H,1,4-5,7-8,11-13H2,2-3H3;6,9,11H,3-5,7-8H2,1-2H3/t14?,15-;/m0./s1. The minimum Gasteiger partial charge on any atom is -0.391 e. The van der Waals surface area contributed by atoms with Gasteiger partial charge in [-0.3, -0.25) is 0 Å². The maximum Gasteiger partial charge on any atom is 0.0893 e. The van der Waals surface area contributed by atoms with E-state index < -0.39 is 0 Å². The SMILES string of the molecule is C=CC(CC)CN(C=C)CN(C=C)C[C@@H](O)CC.C=CN(CCC)CC(O)CC. The van der Waals surface area contributed by atoms with Crippen LogP contribution in [0.1, 0.15) is 53.4 Å². The highest BCUT2D eigenvalue weighted by Crippen LogP contribution is 2.08. The molecular formula is C24H47N3O2. The molecule has 0 radical (unpaired) electrons. The molecule has 2 unspecified atom stereocenters. The van der Waals surface area contributed by atoms with Crippen LogP contribution in [-0.4, -0.2) is 70.0 Å². The predicted molar refractivity (Wildman–Crippen MR) is 127 cm³/mol. The number of aliphatic hydroxyl groups excluding tert-OH is 2. The molecule has 170 valence electrons. The smallest absolute Gasteiger partial charge is 0.0893 e. The quantitative estimate of drug-likeness (QED) is 0.275. The second-order valence-corrected chi connectivity index (χ2v) is 7.25. The van der Waals surface area contributed by atoms with Gasteiger partial charge in [0.15, 0.2) is 0 Å². The molecule has 0 aromatic carbocycles. The molecule has 29 heavy (non-hydrogen) atoms. The van der Waals surface area contributed by atoms with Gasteiger partial charge in [0.05, 0.1) is 18.9 Å². The van der Waals surface area contributed by atoms with E-state index in [1.54, 1.807) is 12.4 Å². The molecule has 0 aliphatic carbocycles. The van der Waals surface area contributed by atoms with Crippen molar-refractivity contribution in [3.8, 4) is 0 Å². The molecule has 0 fully saturated rings. The van der Waals surface area contributed by atoms with Crippen LogP contribution in [0.15, 0.2) is 51.0 Å². The molecule has 2 N–H and O–H groups in total. The lowest BCUT2D eigenvalue weighted by molar-refractivity contribution is 0.107. The van der Waals surface area contributed by atoms with Crippen molar-refractivity contribution < 1.29 is 10.2 Å². The molecule has 5 nitrogen and oxygen atoms in total. The lowest BCUT2D eigenvalue weighted by Gasteiger charge is -2.31. The average Bonchev–Trinajstić information content (AvgIpc) is 2.75. The van der Waals surface area contributed by atoms with Crippen molar-refractivity contribution in [1.82, 2.24) is 14.7 Å². The van der Waals surface area contributed by atoms with E-state index in [0.717, 1.165) is 38.8 Å². The van der Waals surface area contributed by atoms with Crippen molar-refractivity contribution in [2.45, 2.75) is 65.6 Å². The van der Waals surface area contributed by atoms with Crippen LogP contribution < -0.4 is 0 Å². The highest BCUT2D eigenvalue weighted by atomic mass is 16.3. The van der Waals surface area contributed by atoms with Gasteiger partial charge in [0.2, 0.25) is 0 Å². The van der Waals surface area contributed by atoms with Crippen LogP contribution in [0.2, 0.25) is 0 Å². The lowest BCUT2D eigenvalue weighted by atomic mass is 10.1. The summed E-state index contributed by atoms with van der Waals surface area (Å²) in [6, 6.07) is 0. The van der Waals surface area contributed by atoms with E-state index in [1.165, 1.54) is 0 Å². The lowest BCUT2D eigenvalue weighted by Crippen LogP contribution is -2.37. The van der Waals surface area contributed by atoms with Gasteiger partial charge >= 0.3 is 0 Å². The zero-order chi connectivity index (χ0) is 22.7. The van der Waals surface area contributed by atoms with Crippen LogP contribution in [0.4, 0.5) is 0 Å². The minimum atomic E-state index is -0.309. The van der Waals surface area contributed by atoms with Crippen molar-refractivity contribution in [1.29, 1.82) is 0 Å². The van der Waals surface area contributed by atoms with E-state index in [-0.39, 0.29) is 12.2 Å². The van der Waals surface area contributed by atoms with E-state index in [0.29, 0.717) is 25.7 Å². The fourth-order valence-corrected chi connectivity index (χ4v) is 2.63. The molecule has 0 aromatic heterocycles. The van der Waals surface area contributed by atoms with Crippen LogP contribution in [0, 0.1) is 5.92 Å². The Bertz CT molecular complexity index is 428. The molecule has 0 heterocycles. The Morgan fingerprint density at radius 2 is 1.14 bits per heavy atom. The Labute approximate surface area is 180 Å². The molecule has 0 aliphatic rings. The molecule has 0 saturated carbocycles. The summed E-state index contributed by atoms with van der Waals surface area (Å²) in [6.45, 7) is 27.3. The summed E-state index contributed by atoms with van der Waals surface area (Å²) in [5.74, 6) is 0.464. The minimum absolute atomic E-state index is 0.209. The first-order valence-corrected chi connectivity index (χ1v) is 10.9. The molecule has 5 heteroatoms. The topological polar surface area (TPSA) is 50.2 Å². The van der Waals surface area contributed by atoms with Crippen LogP contribution in [0.25, 0.3) is 0 Å². The molecule has 0 amide bonds. The molecule has 0 spiro atoms. The Kier molecular flexibility index (Phi) is 19.9. The normalized spacial score (nSPS) is 13.2. The Balaban J connectivity index is 0. The fraction of sp³-hybridized carbons (Fsp3) is 0.667. The van der Waals surface area contributed by atoms with Gasteiger partial charge in [0.1, 0.15) is 0 Å². The van der Waals surface area contributed by atoms with Crippen LogP contribution in [0.3, 0.4) is 0 Å². The fourth-order valence-electron chi connectivity index (χ4n) is 2.63. The summed E-state index contributed by atoms with van der Waals surface area (Å²) >= 11 is 0. The van der Waals surface area contributed by atoms with Crippen molar-refractivity contribution in [3.05, 3.63) is 51.0 Å². The number of rotatable bonds is 17. The van der Waals surface area contributed by atoms with E-state index in [2.05, 4.69) is 45.1 Å². The first kappa shape index (κ1) is 29.5. The third-order valence-corrected chi connectivity index (χ3v) is 4.81. The molecule has 0 rings (SSSR count). The van der Waals surface area contributed by atoms with E-state index in [4.69, 9.17) is 0 Å². The Morgan fingerprint density at radius 1 is 0.690 bits per heavy atom. The van der Waals surface area contributed by atoms with Crippen molar-refractivity contribution in [3.63, 3.8) is 0 Å². The summed E-state index contributed by atoms with van der Waals surface area (Å²) in [7, 11) is 0. The summed E-state index contributed by atoms with van der Waals surface area (Å²) in [6.07, 6.45) is 10.6. The van der Waals surface area contributed by atoms with Gasteiger partial charge < -0.3 is 24.9 Å². The van der Waals surface area contributed by atoms with Gasteiger partial charge in [-0.05, 0) is 50.2 Å². The maximum absolute atomic E-state index is 9.67. The number of hydrogen-bond donors (Lipinski definition) is 2. The van der Waals surface area contributed by atoms with Crippen LogP contribution in [-0.2, 0) is 0 Å². The van der Waals surface area contributed by atoms with Crippen LogP contribution in [0.5, 0.6) is 0 Å². The van der Waals surface area contributed by atoms with Gasteiger partial charge in [-0.2, -0.15) is 0 Å².